The maximum atomic E-state index is 13.0. The Bertz CT molecular complexity index is 969. The molecule has 0 fully saturated rings. The normalized spacial score (nSPS) is 13.3. The number of ether oxygens (including phenoxy) is 1. The van der Waals surface area contributed by atoms with Gasteiger partial charge in [-0.05, 0) is 42.8 Å². The Morgan fingerprint density at radius 1 is 1.30 bits per heavy atom. The molecule has 0 bridgehead atoms. The third-order valence-corrected chi connectivity index (χ3v) is 4.39. The van der Waals surface area contributed by atoms with Gasteiger partial charge in [-0.25, -0.2) is 14.4 Å². The van der Waals surface area contributed by atoms with Gasteiger partial charge in [-0.15, -0.1) is 0 Å². The zero-order valence-electron chi connectivity index (χ0n) is 14.8. The van der Waals surface area contributed by atoms with Gasteiger partial charge < -0.3 is 14.1 Å². The van der Waals surface area contributed by atoms with Crippen LogP contribution < -0.4 is 4.74 Å². The van der Waals surface area contributed by atoms with Gasteiger partial charge >= 0.3 is 0 Å². The number of nitrogens with zero attached hydrogens (tertiary/aromatic N) is 3. The Labute approximate surface area is 155 Å². The van der Waals surface area contributed by atoms with Crippen LogP contribution in [-0.4, -0.2) is 27.3 Å². The number of aryl methyl sites for hydroxylation is 1. The average Bonchev–Trinajstić information content (AvgIpc) is 3.08. The number of aromatic nitrogens is 2. The molecule has 3 aromatic rings. The van der Waals surface area contributed by atoms with Crippen LogP contribution in [0.2, 0.25) is 0 Å². The number of oxazole rings is 1. The summed E-state index contributed by atoms with van der Waals surface area (Å²) in [7, 11) is 0. The van der Waals surface area contributed by atoms with E-state index in [-0.39, 0.29) is 18.3 Å². The van der Waals surface area contributed by atoms with Gasteiger partial charge in [0.05, 0.1) is 12.2 Å². The standard InChI is InChI=1S/C20H18FN3O3/c1-13-6-8-22-18(10-13)26-12-19-23-16-7-9-24(11-17(16)27-19)20(25)14-2-4-15(21)5-3-14/h2-6,8,10H,7,9,11-12H2,1H3. The van der Waals surface area contributed by atoms with Gasteiger partial charge in [0.1, 0.15) is 11.6 Å². The van der Waals surface area contributed by atoms with Gasteiger partial charge in [-0.1, -0.05) is 0 Å². The fourth-order valence-electron chi connectivity index (χ4n) is 2.98. The first-order chi connectivity index (χ1) is 13.1. The summed E-state index contributed by atoms with van der Waals surface area (Å²) in [6.07, 6.45) is 2.29. The minimum absolute atomic E-state index is 0.154. The summed E-state index contributed by atoms with van der Waals surface area (Å²) >= 11 is 0. The Morgan fingerprint density at radius 2 is 2.11 bits per heavy atom. The summed E-state index contributed by atoms with van der Waals surface area (Å²) in [5.74, 6) is 1.11. The van der Waals surface area contributed by atoms with Crippen LogP contribution in [0.1, 0.15) is 33.3 Å². The SMILES string of the molecule is Cc1ccnc(OCc2nc3c(o2)CN(C(=O)c2ccc(F)cc2)CC3)c1. The molecular weight excluding hydrogens is 349 g/mol. The predicted octanol–water partition coefficient (Wildman–Crippen LogP) is 3.29. The second-order valence-corrected chi connectivity index (χ2v) is 6.42. The van der Waals surface area contributed by atoms with E-state index < -0.39 is 0 Å². The minimum atomic E-state index is -0.365. The van der Waals surface area contributed by atoms with Gasteiger partial charge in [0.25, 0.3) is 5.91 Å². The predicted molar refractivity (Wildman–Crippen MR) is 94.7 cm³/mol. The average molecular weight is 367 g/mol. The van der Waals surface area contributed by atoms with Crippen LogP contribution in [0.25, 0.3) is 0 Å². The van der Waals surface area contributed by atoms with Crippen molar-refractivity contribution in [3.63, 3.8) is 0 Å². The lowest BCUT2D eigenvalue weighted by Crippen LogP contribution is -2.35. The number of fused-ring (bicyclic) bond motifs is 1. The highest BCUT2D eigenvalue weighted by molar-refractivity contribution is 5.94. The fraction of sp³-hybridized carbons (Fsp3) is 0.250. The van der Waals surface area contributed by atoms with Crippen molar-refractivity contribution in [1.82, 2.24) is 14.9 Å². The molecule has 0 spiro atoms. The number of rotatable bonds is 4. The van der Waals surface area contributed by atoms with Crippen LogP contribution in [0.15, 0.2) is 47.0 Å². The Hall–Kier alpha value is -3.22. The number of carbonyl (C=O) groups excluding carboxylic acids is 1. The van der Waals surface area contributed by atoms with Gasteiger partial charge in [0.15, 0.2) is 6.61 Å². The van der Waals surface area contributed by atoms with E-state index in [1.54, 1.807) is 11.1 Å². The molecule has 27 heavy (non-hydrogen) atoms. The molecule has 1 amide bonds. The number of benzene rings is 1. The van der Waals surface area contributed by atoms with Gasteiger partial charge in [-0.3, -0.25) is 4.79 Å². The molecule has 1 aliphatic rings. The number of halogens is 1. The first kappa shape index (κ1) is 17.2. The van der Waals surface area contributed by atoms with Gasteiger partial charge in [0, 0.05) is 30.8 Å². The molecule has 1 aromatic carbocycles. The molecular formula is C20H18FN3O3. The van der Waals surface area contributed by atoms with Crippen molar-refractivity contribution in [2.45, 2.75) is 26.5 Å². The van der Waals surface area contributed by atoms with Gasteiger partial charge in [-0.2, -0.15) is 0 Å². The molecule has 0 saturated heterocycles. The first-order valence-electron chi connectivity index (χ1n) is 8.66. The third-order valence-electron chi connectivity index (χ3n) is 4.39. The van der Waals surface area contributed by atoms with Crippen molar-refractivity contribution < 1.29 is 18.3 Å². The van der Waals surface area contributed by atoms with Crippen LogP contribution in [0.5, 0.6) is 5.88 Å². The minimum Gasteiger partial charge on any atom is -0.468 e. The van der Waals surface area contributed by atoms with Crippen molar-refractivity contribution >= 4 is 5.91 Å². The number of hydrogen-bond acceptors (Lipinski definition) is 5. The largest absolute Gasteiger partial charge is 0.468 e. The van der Waals surface area contributed by atoms with Crippen LogP contribution >= 0.6 is 0 Å². The zero-order chi connectivity index (χ0) is 18.8. The highest BCUT2D eigenvalue weighted by Crippen LogP contribution is 2.22. The molecule has 1 aliphatic heterocycles. The quantitative estimate of drug-likeness (QED) is 0.708. The van der Waals surface area contributed by atoms with Crippen molar-refractivity contribution in [1.29, 1.82) is 0 Å². The first-order valence-corrected chi connectivity index (χ1v) is 8.66. The van der Waals surface area contributed by atoms with E-state index in [2.05, 4.69) is 9.97 Å². The van der Waals surface area contributed by atoms with Crippen molar-refractivity contribution in [3.05, 3.63) is 76.9 Å². The highest BCUT2D eigenvalue weighted by atomic mass is 19.1. The van der Waals surface area contributed by atoms with Crippen molar-refractivity contribution in [2.24, 2.45) is 0 Å². The lowest BCUT2D eigenvalue weighted by Gasteiger charge is -2.25. The smallest absolute Gasteiger partial charge is 0.254 e. The number of carbonyl (C=O) groups is 1. The molecule has 0 radical (unpaired) electrons. The molecule has 0 N–H and O–H groups in total. The van der Waals surface area contributed by atoms with E-state index in [4.69, 9.17) is 9.15 Å². The summed E-state index contributed by atoms with van der Waals surface area (Å²) in [6.45, 7) is 3.01. The zero-order valence-corrected chi connectivity index (χ0v) is 14.8. The second-order valence-electron chi connectivity index (χ2n) is 6.42. The van der Waals surface area contributed by atoms with E-state index in [0.717, 1.165) is 11.3 Å². The fourth-order valence-corrected chi connectivity index (χ4v) is 2.98. The molecule has 0 atom stereocenters. The van der Waals surface area contributed by atoms with E-state index in [0.29, 0.717) is 42.6 Å². The molecule has 2 aromatic heterocycles. The van der Waals surface area contributed by atoms with Crippen LogP contribution in [0, 0.1) is 12.7 Å². The van der Waals surface area contributed by atoms with Crippen molar-refractivity contribution in [2.75, 3.05) is 6.54 Å². The van der Waals surface area contributed by atoms with Crippen LogP contribution in [0.4, 0.5) is 4.39 Å². The number of hydrogen-bond donors (Lipinski definition) is 0. The lowest BCUT2D eigenvalue weighted by molar-refractivity contribution is 0.0718. The molecule has 138 valence electrons. The third kappa shape index (κ3) is 3.81. The van der Waals surface area contributed by atoms with E-state index in [9.17, 15) is 9.18 Å². The topological polar surface area (TPSA) is 68.5 Å². The summed E-state index contributed by atoms with van der Waals surface area (Å²) < 4.78 is 24.4. The summed E-state index contributed by atoms with van der Waals surface area (Å²) in [5, 5.41) is 0. The van der Waals surface area contributed by atoms with E-state index in [1.807, 2.05) is 19.1 Å². The Morgan fingerprint density at radius 3 is 2.89 bits per heavy atom. The molecule has 3 heterocycles. The van der Waals surface area contributed by atoms with Crippen LogP contribution in [0.3, 0.4) is 0 Å². The summed E-state index contributed by atoms with van der Waals surface area (Å²) in [4.78, 5) is 22.9. The second kappa shape index (κ2) is 7.19. The molecule has 7 heteroatoms. The van der Waals surface area contributed by atoms with Crippen molar-refractivity contribution in [3.8, 4) is 5.88 Å². The molecule has 0 saturated carbocycles. The number of pyridine rings is 1. The van der Waals surface area contributed by atoms with Crippen LogP contribution in [-0.2, 0) is 19.6 Å². The van der Waals surface area contributed by atoms with E-state index >= 15 is 0 Å². The highest BCUT2D eigenvalue weighted by Gasteiger charge is 2.26. The monoisotopic (exact) mass is 367 g/mol. The lowest BCUT2D eigenvalue weighted by atomic mass is 10.1. The molecule has 0 aliphatic carbocycles. The summed E-state index contributed by atoms with van der Waals surface area (Å²) in [5.41, 5.74) is 2.35. The molecule has 6 nitrogen and oxygen atoms in total. The molecule has 4 rings (SSSR count). The maximum Gasteiger partial charge on any atom is 0.254 e. The Balaban J connectivity index is 1.42. The van der Waals surface area contributed by atoms with Gasteiger partial charge in [0.2, 0.25) is 11.8 Å². The molecule has 0 unspecified atom stereocenters. The maximum absolute atomic E-state index is 13.0. The Kier molecular flexibility index (Phi) is 4.58. The number of amides is 1. The summed E-state index contributed by atoms with van der Waals surface area (Å²) in [6, 6.07) is 9.27. The van der Waals surface area contributed by atoms with E-state index in [1.165, 1.54) is 24.3 Å².